The number of sulfonamides is 1. The van der Waals surface area contributed by atoms with Crippen molar-refractivity contribution >= 4 is 37.6 Å². The Hall–Kier alpha value is -2.47. The lowest BCUT2D eigenvalue weighted by Gasteiger charge is -2.34. The summed E-state index contributed by atoms with van der Waals surface area (Å²) in [6, 6.07) is 1.81. The highest BCUT2D eigenvalue weighted by atomic mass is 32.2. The second-order valence-electron chi connectivity index (χ2n) is 6.68. The largest absolute Gasteiger partial charge is 0.402 e. The SMILES string of the molecule is O=S(=O)(NCC(F)(F)F)C1CCCN(c2[nH]ncc3cnc4nccc4c23)C1. The van der Waals surface area contributed by atoms with Crippen molar-refractivity contribution in [2.45, 2.75) is 24.3 Å². The number of aromatic amines is 1. The Balaban J connectivity index is 1.66. The average Bonchev–Trinajstić information content (AvgIpc) is 3.15. The quantitative estimate of drug-likeness (QED) is 0.676. The number of pyridine rings is 1. The normalized spacial score (nSPS) is 18.8. The number of anilines is 1. The van der Waals surface area contributed by atoms with Gasteiger partial charge in [0.2, 0.25) is 10.0 Å². The molecule has 4 heterocycles. The van der Waals surface area contributed by atoms with Gasteiger partial charge in [-0.1, -0.05) is 0 Å². The van der Waals surface area contributed by atoms with Gasteiger partial charge in [-0.25, -0.2) is 23.1 Å². The predicted molar refractivity (Wildman–Crippen MR) is 97.4 cm³/mol. The number of aromatic nitrogens is 4. The zero-order chi connectivity index (χ0) is 19.9. The fourth-order valence-corrected chi connectivity index (χ4v) is 4.93. The van der Waals surface area contributed by atoms with Gasteiger partial charge >= 0.3 is 6.18 Å². The highest BCUT2D eigenvalue weighted by Crippen LogP contribution is 2.32. The van der Waals surface area contributed by atoms with Gasteiger partial charge in [-0.05, 0) is 18.9 Å². The molecule has 28 heavy (non-hydrogen) atoms. The first kappa shape index (κ1) is 18.9. The lowest BCUT2D eigenvalue weighted by molar-refractivity contribution is -0.121. The Morgan fingerprint density at radius 1 is 1.29 bits per heavy atom. The Bertz CT molecular complexity index is 1110. The molecule has 0 aliphatic carbocycles. The minimum absolute atomic E-state index is 0.0580. The number of fused-ring (bicyclic) bond motifs is 3. The second-order valence-corrected chi connectivity index (χ2v) is 8.73. The maximum absolute atomic E-state index is 12.4. The fourth-order valence-electron chi connectivity index (χ4n) is 3.48. The van der Waals surface area contributed by atoms with Crippen molar-refractivity contribution in [1.29, 1.82) is 0 Å². The summed E-state index contributed by atoms with van der Waals surface area (Å²) in [5.41, 5.74) is 0.557. The highest BCUT2D eigenvalue weighted by molar-refractivity contribution is 7.90. The third kappa shape index (κ3) is 3.61. The summed E-state index contributed by atoms with van der Waals surface area (Å²) in [6.07, 6.45) is 1.09. The first-order valence-electron chi connectivity index (χ1n) is 8.61. The predicted octanol–water partition coefficient (Wildman–Crippen LogP) is 1.96. The van der Waals surface area contributed by atoms with Crippen LogP contribution < -0.4 is 9.62 Å². The maximum Gasteiger partial charge on any atom is 0.402 e. The number of piperidine rings is 1. The van der Waals surface area contributed by atoms with Crippen molar-refractivity contribution in [3.63, 3.8) is 0 Å². The molecular weight excluding hydrogens is 397 g/mol. The van der Waals surface area contributed by atoms with E-state index in [0.29, 0.717) is 24.4 Å². The highest BCUT2D eigenvalue weighted by Gasteiger charge is 2.35. The van der Waals surface area contributed by atoms with E-state index in [0.717, 1.165) is 16.2 Å². The van der Waals surface area contributed by atoms with Crippen LogP contribution in [0, 0.1) is 0 Å². The molecule has 4 rings (SSSR count). The minimum atomic E-state index is -4.60. The van der Waals surface area contributed by atoms with Crippen molar-refractivity contribution in [3.8, 4) is 0 Å². The Kier molecular flexibility index (Phi) is 4.62. The molecule has 1 unspecified atom stereocenters. The molecule has 0 bridgehead atoms. The number of rotatable bonds is 4. The van der Waals surface area contributed by atoms with Gasteiger partial charge in [-0.15, -0.1) is 0 Å². The van der Waals surface area contributed by atoms with Crippen LogP contribution in [0.25, 0.3) is 21.8 Å². The molecule has 0 aromatic carbocycles. The summed E-state index contributed by atoms with van der Waals surface area (Å²) >= 11 is 0. The first-order chi connectivity index (χ1) is 13.2. The van der Waals surface area contributed by atoms with E-state index in [-0.39, 0.29) is 13.0 Å². The van der Waals surface area contributed by atoms with Crippen molar-refractivity contribution in [2.75, 3.05) is 24.5 Å². The van der Waals surface area contributed by atoms with Crippen LogP contribution in [0.4, 0.5) is 19.0 Å². The molecular formula is C16H17F3N6O2S. The standard InChI is InChI=1S/C16H17F3N6O2S/c17-16(18,19)9-23-28(26,27)11-2-1-5-25(8-11)15-13-10(7-22-24-15)6-21-14-12(13)3-4-20-14/h3-4,6-7,11,23-24H,1-2,5,8-9H2. The molecule has 1 saturated heterocycles. The van der Waals surface area contributed by atoms with E-state index in [2.05, 4.69) is 20.2 Å². The van der Waals surface area contributed by atoms with Crippen molar-refractivity contribution < 1.29 is 21.6 Å². The number of hydrogen-bond donors (Lipinski definition) is 2. The van der Waals surface area contributed by atoms with E-state index in [1.54, 1.807) is 23.3 Å². The van der Waals surface area contributed by atoms with Crippen LogP contribution >= 0.6 is 0 Å². The van der Waals surface area contributed by atoms with E-state index >= 15 is 0 Å². The average molecular weight is 414 g/mol. The second kappa shape index (κ2) is 6.85. The van der Waals surface area contributed by atoms with Gasteiger partial charge in [0.1, 0.15) is 12.4 Å². The summed E-state index contributed by atoms with van der Waals surface area (Å²) < 4.78 is 63.7. The van der Waals surface area contributed by atoms with E-state index in [1.165, 1.54) is 0 Å². The molecule has 1 atom stereocenters. The topological polar surface area (TPSA) is 104 Å². The monoisotopic (exact) mass is 414 g/mol. The van der Waals surface area contributed by atoms with Crippen LogP contribution in [-0.2, 0) is 10.0 Å². The summed E-state index contributed by atoms with van der Waals surface area (Å²) in [5, 5.41) is 8.42. The number of nitrogens with zero attached hydrogens (tertiary/aromatic N) is 4. The first-order valence-corrected chi connectivity index (χ1v) is 10.2. The molecule has 12 heteroatoms. The maximum atomic E-state index is 12.4. The lowest BCUT2D eigenvalue weighted by Crippen LogP contribution is -2.48. The van der Waals surface area contributed by atoms with Crippen molar-refractivity contribution in [1.82, 2.24) is 24.9 Å². The van der Waals surface area contributed by atoms with E-state index in [9.17, 15) is 21.6 Å². The molecule has 0 radical (unpaired) electrons. The van der Waals surface area contributed by atoms with Crippen LogP contribution in [0.5, 0.6) is 0 Å². The zero-order valence-electron chi connectivity index (χ0n) is 14.6. The molecule has 1 fully saturated rings. The van der Waals surface area contributed by atoms with Gasteiger partial charge < -0.3 is 4.90 Å². The molecule has 0 saturated carbocycles. The van der Waals surface area contributed by atoms with Gasteiger partial charge in [-0.3, -0.25) is 5.10 Å². The summed E-state index contributed by atoms with van der Waals surface area (Å²) in [6.45, 7) is -0.956. The summed E-state index contributed by atoms with van der Waals surface area (Å²) in [7, 11) is -4.11. The molecule has 1 aliphatic heterocycles. The van der Waals surface area contributed by atoms with Crippen LogP contribution in [0.2, 0.25) is 0 Å². The molecule has 0 spiro atoms. The Morgan fingerprint density at radius 2 is 2.11 bits per heavy atom. The van der Waals surface area contributed by atoms with E-state index in [4.69, 9.17) is 0 Å². The number of halogens is 3. The van der Waals surface area contributed by atoms with E-state index in [1.807, 2.05) is 11.0 Å². The molecule has 3 aromatic heterocycles. The number of hydrogen-bond acceptors (Lipinski definition) is 6. The Labute approximate surface area is 158 Å². The number of nitrogens with one attached hydrogen (secondary N) is 2. The molecule has 1 aliphatic rings. The molecule has 8 nitrogen and oxygen atoms in total. The zero-order valence-corrected chi connectivity index (χ0v) is 15.4. The van der Waals surface area contributed by atoms with Gasteiger partial charge in [0, 0.05) is 41.6 Å². The van der Waals surface area contributed by atoms with Crippen molar-refractivity contribution in [2.24, 2.45) is 0 Å². The van der Waals surface area contributed by atoms with Gasteiger partial charge in [0.25, 0.3) is 0 Å². The van der Waals surface area contributed by atoms with Crippen LogP contribution in [0.15, 0.2) is 24.7 Å². The number of alkyl halides is 3. The third-order valence-corrected chi connectivity index (χ3v) is 6.59. The lowest BCUT2D eigenvalue weighted by atomic mass is 10.1. The summed E-state index contributed by atoms with van der Waals surface area (Å²) in [4.78, 5) is 10.2. The van der Waals surface area contributed by atoms with Gasteiger partial charge in [0.15, 0.2) is 5.65 Å². The van der Waals surface area contributed by atoms with Crippen molar-refractivity contribution in [3.05, 3.63) is 24.7 Å². The van der Waals surface area contributed by atoms with Crippen LogP contribution in [0.1, 0.15) is 12.8 Å². The van der Waals surface area contributed by atoms with Gasteiger partial charge in [0.05, 0.1) is 11.4 Å². The summed E-state index contributed by atoms with van der Waals surface area (Å²) in [5.74, 6) is 0.605. The smallest absolute Gasteiger partial charge is 0.355 e. The fraction of sp³-hybridized carbons (Fsp3) is 0.438. The molecule has 3 aromatic rings. The van der Waals surface area contributed by atoms with Crippen LogP contribution in [0.3, 0.4) is 0 Å². The minimum Gasteiger partial charge on any atom is -0.355 e. The number of H-pyrrole nitrogens is 1. The van der Waals surface area contributed by atoms with Crippen LogP contribution in [-0.4, -0.2) is 59.6 Å². The van der Waals surface area contributed by atoms with Gasteiger partial charge in [-0.2, -0.15) is 18.3 Å². The third-order valence-electron chi connectivity index (χ3n) is 4.78. The molecule has 2 N–H and O–H groups in total. The Morgan fingerprint density at radius 3 is 2.89 bits per heavy atom. The molecule has 0 amide bonds. The molecule has 150 valence electrons. The van der Waals surface area contributed by atoms with E-state index < -0.39 is 28.0 Å².